The monoisotopic (exact) mass is 833 g/mol. The van der Waals surface area contributed by atoms with E-state index in [-0.39, 0.29) is 0 Å². The fraction of sp³-hybridized carbons (Fsp3) is 0.279. The van der Waals surface area contributed by atoms with Gasteiger partial charge < -0.3 is 9.47 Å². The first-order chi connectivity index (χ1) is 31.0. The van der Waals surface area contributed by atoms with Crippen LogP contribution in [-0.4, -0.2) is 13.2 Å². The molecular weight excluding hydrogens is 765 g/mol. The van der Waals surface area contributed by atoms with Gasteiger partial charge in [-0.3, -0.25) is 0 Å². The number of benzene rings is 6. The highest BCUT2D eigenvalue weighted by Gasteiger charge is 2.08. The lowest BCUT2D eigenvalue weighted by Crippen LogP contribution is -2.11. The third-order valence-electron chi connectivity index (χ3n) is 11.9. The highest BCUT2D eigenvalue weighted by molar-refractivity contribution is 5.74. The van der Waals surface area contributed by atoms with Crippen molar-refractivity contribution in [3.8, 4) is 11.5 Å². The average Bonchev–Trinajstić information content (AvgIpc) is 3.33. The summed E-state index contributed by atoms with van der Waals surface area (Å²) in [5.74, 6) is 3.18. The Morgan fingerprint density at radius 3 is 0.810 bits per heavy atom. The molecule has 0 radical (unpaired) electrons. The van der Waals surface area contributed by atoms with Gasteiger partial charge in [-0.1, -0.05) is 236 Å². The first kappa shape index (κ1) is 46.4. The quantitative estimate of drug-likeness (QED) is 0.0566. The van der Waals surface area contributed by atoms with Gasteiger partial charge in [-0.15, -0.1) is 0 Å². The highest BCUT2D eigenvalue weighted by atomic mass is 16.5. The molecule has 0 aliphatic carbocycles. The van der Waals surface area contributed by atoms with Gasteiger partial charge in [0.15, 0.2) is 0 Å². The number of unbranched alkanes of at least 4 members (excludes halogenated alkanes) is 2. The summed E-state index contributed by atoms with van der Waals surface area (Å²) < 4.78 is 12.2. The van der Waals surface area contributed by atoms with Crippen molar-refractivity contribution < 1.29 is 9.47 Å². The summed E-state index contributed by atoms with van der Waals surface area (Å²) in [4.78, 5) is 0. The summed E-state index contributed by atoms with van der Waals surface area (Å²) in [6, 6.07) is 52.0. The van der Waals surface area contributed by atoms with E-state index >= 15 is 0 Å². The second-order valence-corrected chi connectivity index (χ2v) is 16.9. The smallest absolute Gasteiger partial charge is 0.119 e. The molecule has 2 unspecified atom stereocenters. The first-order valence-corrected chi connectivity index (χ1v) is 23.5. The molecule has 6 aromatic carbocycles. The topological polar surface area (TPSA) is 18.5 Å². The molecule has 2 atom stereocenters. The standard InChI is InChI=1S/C61H68O2/c1-5-9-11-48(7-3)46-62-60-41-37-56(38-42-60)27-25-52-17-13-50(14-18-52)21-23-54-29-33-58(34-30-54)45-59-35-31-55(32-36-59)24-22-51-15-19-53(20-16-51)26-28-57-39-43-61(44-40-57)63-47-49(8-4)12-10-6-2/h13-44,48-49H,5-12,45-47H2,1-4H3/b23-21+,24-22+,27-25+,28-26+. The molecule has 0 bridgehead atoms. The van der Waals surface area contributed by atoms with Crippen LogP contribution >= 0.6 is 0 Å². The maximum Gasteiger partial charge on any atom is 0.119 e. The summed E-state index contributed by atoms with van der Waals surface area (Å²) in [6.07, 6.45) is 28.2. The number of ether oxygens (including phenoxy) is 2. The number of rotatable bonds is 24. The van der Waals surface area contributed by atoms with Gasteiger partial charge in [0.25, 0.3) is 0 Å². The summed E-state index contributed by atoms with van der Waals surface area (Å²) in [5, 5.41) is 0. The Bertz CT molecular complexity index is 2140. The van der Waals surface area contributed by atoms with Crippen molar-refractivity contribution in [1.29, 1.82) is 0 Å². The Hall–Kier alpha value is -6.12. The predicted octanol–water partition coefficient (Wildman–Crippen LogP) is 17.1. The summed E-state index contributed by atoms with van der Waals surface area (Å²) >= 11 is 0. The van der Waals surface area contributed by atoms with Crippen LogP contribution in [-0.2, 0) is 6.42 Å². The lowest BCUT2D eigenvalue weighted by Gasteiger charge is -2.15. The minimum absolute atomic E-state index is 0.638. The fourth-order valence-electron chi connectivity index (χ4n) is 7.51. The van der Waals surface area contributed by atoms with Gasteiger partial charge in [0.1, 0.15) is 11.5 Å². The Labute approximate surface area is 379 Å². The number of hydrogen-bond acceptors (Lipinski definition) is 2. The second kappa shape index (κ2) is 25.7. The lowest BCUT2D eigenvalue weighted by atomic mass is 10.0. The predicted molar refractivity (Wildman–Crippen MR) is 275 cm³/mol. The number of hydrogen-bond donors (Lipinski definition) is 0. The molecule has 0 fully saturated rings. The van der Waals surface area contributed by atoms with Gasteiger partial charge in [-0.2, -0.15) is 0 Å². The van der Waals surface area contributed by atoms with Crippen molar-refractivity contribution in [1.82, 2.24) is 0 Å². The third-order valence-corrected chi connectivity index (χ3v) is 11.9. The molecule has 0 aliphatic heterocycles. The average molecular weight is 833 g/mol. The SMILES string of the molecule is CCCCC(CC)COc1ccc(/C=C/c2ccc(/C=C/c3ccc(Cc4ccc(/C=C/c5ccc(/C=C/c6ccc(OCC(CC)CCCC)cc6)cc5)cc4)cc3)cc2)cc1. The van der Waals surface area contributed by atoms with Crippen LogP contribution in [0.15, 0.2) is 146 Å². The van der Waals surface area contributed by atoms with Gasteiger partial charge >= 0.3 is 0 Å². The third kappa shape index (κ3) is 16.3. The molecule has 0 N–H and O–H groups in total. The molecule has 0 amide bonds. The van der Waals surface area contributed by atoms with Crippen LogP contribution in [0.5, 0.6) is 11.5 Å². The maximum absolute atomic E-state index is 6.08. The summed E-state index contributed by atoms with van der Waals surface area (Å²) in [5.41, 5.74) is 12.1. The molecular formula is C61H68O2. The van der Waals surface area contributed by atoms with Crippen LogP contribution in [0.25, 0.3) is 48.6 Å². The summed E-state index contributed by atoms with van der Waals surface area (Å²) in [7, 11) is 0. The highest BCUT2D eigenvalue weighted by Crippen LogP contribution is 2.22. The van der Waals surface area contributed by atoms with E-state index in [2.05, 4.69) is 222 Å². The fourth-order valence-corrected chi connectivity index (χ4v) is 7.51. The zero-order chi connectivity index (χ0) is 43.9. The molecule has 6 rings (SSSR count). The van der Waals surface area contributed by atoms with Gasteiger partial charge in [0.2, 0.25) is 0 Å². The van der Waals surface area contributed by atoms with Crippen molar-refractivity contribution >= 4 is 48.6 Å². The van der Waals surface area contributed by atoms with Crippen LogP contribution < -0.4 is 9.47 Å². The molecule has 2 heteroatoms. The molecule has 0 aromatic heterocycles. The maximum atomic E-state index is 6.08. The van der Waals surface area contributed by atoms with E-state index < -0.39 is 0 Å². The van der Waals surface area contributed by atoms with Crippen molar-refractivity contribution in [2.24, 2.45) is 11.8 Å². The second-order valence-electron chi connectivity index (χ2n) is 16.9. The minimum atomic E-state index is 0.638. The van der Waals surface area contributed by atoms with Gasteiger partial charge in [-0.05, 0) is 111 Å². The molecule has 324 valence electrons. The van der Waals surface area contributed by atoms with E-state index in [1.807, 2.05) is 0 Å². The van der Waals surface area contributed by atoms with E-state index in [9.17, 15) is 0 Å². The van der Waals surface area contributed by atoms with Crippen LogP contribution in [0, 0.1) is 11.8 Å². The molecule has 0 aliphatic rings. The lowest BCUT2D eigenvalue weighted by molar-refractivity contribution is 0.233. The molecule has 0 heterocycles. The largest absolute Gasteiger partial charge is 0.493 e. The molecule has 0 saturated heterocycles. The van der Waals surface area contributed by atoms with Crippen molar-refractivity contribution in [2.45, 2.75) is 85.5 Å². The normalized spacial score (nSPS) is 12.8. The van der Waals surface area contributed by atoms with Crippen molar-refractivity contribution in [3.63, 3.8) is 0 Å². The van der Waals surface area contributed by atoms with Crippen LogP contribution in [0.4, 0.5) is 0 Å². The van der Waals surface area contributed by atoms with Gasteiger partial charge in [0.05, 0.1) is 13.2 Å². The summed E-state index contributed by atoms with van der Waals surface area (Å²) in [6.45, 7) is 10.6. The Morgan fingerprint density at radius 2 is 0.571 bits per heavy atom. The molecule has 6 aromatic rings. The molecule has 63 heavy (non-hydrogen) atoms. The van der Waals surface area contributed by atoms with E-state index in [4.69, 9.17) is 9.47 Å². The molecule has 0 spiro atoms. The Kier molecular flexibility index (Phi) is 18.9. The Morgan fingerprint density at radius 1 is 0.333 bits per heavy atom. The van der Waals surface area contributed by atoms with Crippen molar-refractivity contribution in [3.05, 3.63) is 201 Å². The molecule has 2 nitrogen and oxygen atoms in total. The van der Waals surface area contributed by atoms with E-state index in [0.29, 0.717) is 11.8 Å². The van der Waals surface area contributed by atoms with Crippen LogP contribution in [0.1, 0.15) is 135 Å². The first-order valence-electron chi connectivity index (χ1n) is 23.5. The zero-order valence-corrected chi connectivity index (χ0v) is 38.2. The van der Waals surface area contributed by atoms with E-state index in [1.54, 1.807) is 0 Å². The minimum Gasteiger partial charge on any atom is -0.493 e. The zero-order valence-electron chi connectivity index (χ0n) is 38.2. The van der Waals surface area contributed by atoms with Gasteiger partial charge in [-0.25, -0.2) is 0 Å². The molecule has 0 saturated carbocycles. The van der Waals surface area contributed by atoms with Crippen LogP contribution in [0.3, 0.4) is 0 Å². The van der Waals surface area contributed by atoms with Gasteiger partial charge in [0, 0.05) is 0 Å². The van der Waals surface area contributed by atoms with Crippen molar-refractivity contribution in [2.75, 3.05) is 13.2 Å². The van der Waals surface area contributed by atoms with Crippen LogP contribution in [0.2, 0.25) is 0 Å². The Balaban J connectivity index is 0.912. The van der Waals surface area contributed by atoms with E-state index in [0.717, 1.165) is 31.1 Å². The van der Waals surface area contributed by atoms with E-state index in [1.165, 1.54) is 107 Å².